The Morgan fingerprint density at radius 1 is 0.183 bits per heavy atom. The van der Waals surface area contributed by atoms with Crippen molar-refractivity contribution in [3.05, 3.63) is 374 Å². The molecule has 2 heterocycles. The van der Waals surface area contributed by atoms with E-state index in [1.165, 1.54) is 187 Å². The SMILES string of the molecule is CC1(C)c2ccccc2-c2nc3ccccc3c(-c3ccc(-c4ccc5c6ccc(-c7cccc(-c8ccccc8)c7)cc6c6ccccc6c5c4)cc3)c21.CC1(C)c2ccccc2-c2nc3ccccc3c(-c3ccc(-c4ccc5c6ccc(-c7ccccc7)cc6c6ccccc6c5c4)cc3)c21. The summed E-state index contributed by atoms with van der Waals surface area (Å²) in [5.74, 6) is 0. The average molecular weight is 1320 g/mol. The Balaban J connectivity index is 0.000000139. The summed E-state index contributed by atoms with van der Waals surface area (Å²) in [4.78, 5) is 10.5. The van der Waals surface area contributed by atoms with Crippen molar-refractivity contribution in [3.8, 4) is 100 Å². The average Bonchev–Trinajstić information content (AvgIpc) is 1.58. The van der Waals surface area contributed by atoms with Crippen LogP contribution in [0.4, 0.5) is 0 Å². The van der Waals surface area contributed by atoms with Crippen molar-refractivity contribution < 1.29 is 0 Å². The highest BCUT2D eigenvalue weighted by Gasteiger charge is 2.41. The van der Waals surface area contributed by atoms with Crippen LogP contribution in [0.3, 0.4) is 0 Å². The molecule has 0 N–H and O–H groups in total. The van der Waals surface area contributed by atoms with Crippen LogP contribution in [-0.2, 0) is 10.8 Å². The summed E-state index contributed by atoms with van der Waals surface area (Å²) in [7, 11) is 0. The van der Waals surface area contributed by atoms with Crippen LogP contribution in [0.15, 0.2) is 352 Å². The molecule has 104 heavy (non-hydrogen) atoms. The van der Waals surface area contributed by atoms with E-state index in [4.69, 9.17) is 9.97 Å². The van der Waals surface area contributed by atoms with Crippen molar-refractivity contribution in [2.75, 3.05) is 0 Å². The van der Waals surface area contributed by atoms with Crippen molar-refractivity contribution in [3.63, 3.8) is 0 Å². The Hall–Kier alpha value is -12.9. The van der Waals surface area contributed by atoms with Gasteiger partial charge in [0.1, 0.15) is 0 Å². The fourth-order valence-electron chi connectivity index (χ4n) is 17.8. The summed E-state index contributed by atoms with van der Waals surface area (Å²) in [6, 6.07) is 129. The zero-order valence-corrected chi connectivity index (χ0v) is 58.4. The van der Waals surface area contributed by atoms with Gasteiger partial charge >= 0.3 is 0 Å². The highest BCUT2D eigenvalue weighted by atomic mass is 14.7. The van der Waals surface area contributed by atoms with Crippen LogP contribution in [0.2, 0.25) is 0 Å². The predicted molar refractivity (Wildman–Crippen MR) is 442 cm³/mol. The molecule has 17 aromatic carbocycles. The van der Waals surface area contributed by atoms with Gasteiger partial charge in [0, 0.05) is 32.7 Å². The number of hydrogen-bond donors (Lipinski definition) is 0. The van der Waals surface area contributed by atoms with Crippen molar-refractivity contribution in [2.24, 2.45) is 0 Å². The maximum absolute atomic E-state index is 5.25. The summed E-state index contributed by atoms with van der Waals surface area (Å²) >= 11 is 0. The normalized spacial score (nSPS) is 13.2. The Bertz CT molecular complexity index is 6700. The van der Waals surface area contributed by atoms with Crippen molar-refractivity contribution in [1.82, 2.24) is 9.97 Å². The monoisotopic (exact) mass is 1320 g/mol. The molecule has 0 unspecified atom stereocenters. The van der Waals surface area contributed by atoms with Gasteiger partial charge < -0.3 is 0 Å². The first-order valence-electron chi connectivity index (χ1n) is 36.3. The zero-order valence-electron chi connectivity index (χ0n) is 58.4. The van der Waals surface area contributed by atoms with Gasteiger partial charge in [0.2, 0.25) is 0 Å². The molecule has 0 fully saturated rings. The maximum atomic E-state index is 5.25. The Morgan fingerprint density at radius 3 is 0.808 bits per heavy atom. The first-order valence-corrected chi connectivity index (χ1v) is 36.3. The van der Waals surface area contributed by atoms with E-state index in [2.05, 4.69) is 380 Å². The lowest BCUT2D eigenvalue weighted by atomic mass is 9.78. The molecule has 2 aromatic heterocycles. The van der Waals surface area contributed by atoms with Gasteiger partial charge in [0.15, 0.2) is 0 Å². The molecule has 0 radical (unpaired) electrons. The second kappa shape index (κ2) is 23.9. The second-order valence-corrected chi connectivity index (χ2v) is 29.4. The first-order chi connectivity index (χ1) is 51.1. The van der Waals surface area contributed by atoms with Crippen molar-refractivity contribution >= 4 is 86.4 Å². The molecule has 0 amide bonds. The molecule has 0 saturated heterocycles. The van der Waals surface area contributed by atoms with E-state index < -0.39 is 0 Å². The molecule has 19 aromatic rings. The van der Waals surface area contributed by atoms with E-state index >= 15 is 0 Å². The van der Waals surface area contributed by atoms with Gasteiger partial charge in [0.25, 0.3) is 0 Å². The molecule has 488 valence electrons. The topological polar surface area (TPSA) is 25.8 Å². The molecule has 0 atom stereocenters. The highest BCUT2D eigenvalue weighted by molar-refractivity contribution is 6.28. The van der Waals surface area contributed by atoms with E-state index in [9.17, 15) is 0 Å². The summed E-state index contributed by atoms with van der Waals surface area (Å²) in [5.41, 5.74) is 29.1. The minimum Gasteiger partial charge on any atom is -0.247 e. The number of rotatable bonds is 7. The largest absolute Gasteiger partial charge is 0.247 e. The van der Waals surface area contributed by atoms with Crippen LogP contribution in [0.5, 0.6) is 0 Å². The highest BCUT2D eigenvalue weighted by Crippen LogP contribution is 2.56. The molecular formula is C102H70N2. The molecule has 0 saturated carbocycles. The third-order valence-corrected chi connectivity index (χ3v) is 22.8. The molecule has 0 aliphatic heterocycles. The van der Waals surface area contributed by atoms with E-state index in [0.29, 0.717) is 0 Å². The van der Waals surface area contributed by atoms with Gasteiger partial charge in [-0.1, -0.05) is 337 Å². The third kappa shape index (κ3) is 9.70. The summed E-state index contributed by atoms with van der Waals surface area (Å²) in [5, 5.41) is 17.8. The fraction of sp³-hybridized carbons (Fsp3) is 0.0588. The maximum Gasteiger partial charge on any atom is 0.0759 e. The molecule has 0 bridgehead atoms. The molecule has 2 aliphatic carbocycles. The van der Waals surface area contributed by atoms with Crippen LogP contribution >= 0.6 is 0 Å². The Morgan fingerprint density at radius 2 is 0.433 bits per heavy atom. The van der Waals surface area contributed by atoms with Gasteiger partial charge in [-0.3, -0.25) is 0 Å². The number of fused-ring (bicyclic) bond motifs is 20. The van der Waals surface area contributed by atoms with E-state index in [-0.39, 0.29) is 10.8 Å². The fourth-order valence-corrected chi connectivity index (χ4v) is 17.8. The smallest absolute Gasteiger partial charge is 0.0759 e. The lowest BCUT2D eigenvalue weighted by Gasteiger charge is -2.25. The number of aromatic nitrogens is 2. The predicted octanol–water partition coefficient (Wildman–Crippen LogP) is 27.7. The minimum absolute atomic E-state index is 0.152. The van der Waals surface area contributed by atoms with Gasteiger partial charge in [0.05, 0.1) is 22.4 Å². The number of para-hydroxylation sites is 2. The van der Waals surface area contributed by atoms with Crippen molar-refractivity contribution in [2.45, 2.75) is 38.5 Å². The van der Waals surface area contributed by atoms with E-state index in [1.54, 1.807) is 0 Å². The van der Waals surface area contributed by atoms with Gasteiger partial charge in [-0.05, 0) is 207 Å². The molecule has 2 aliphatic rings. The van der Waals surface area contributed by atoms with E-state index in [1.807, 2.05) is 0 Å². The summed E-state index contributed by atoms with van der Waals surface area (Å²) < 4.78 is 0. The quantitative estimate of drug-likeness (QED) is 0.149. The van der Waals surface area contributed by atoms with E-state index in [0.717, 1.165) is 22.4 Å². The van der Waals surface area contributed by atoms with Crippen LogP contribution < -0.4 is 0 Å². The zero-order chi connectivity index (χ0) is 69.4. The number of pyridine rings is 2. The first kappa shape index (κ1) is 61.0. The Kier molecular flexibility index (Phi) is 14.0. The minimum atomic E-state index is -0.161. The number of benzene rings is 17. The molecule has 2 nitrogen and oxygen atoms in total. The number of hydrogen-bond acceptors (Lipinski definition) is 2. The van der Waals surface area contributed by atoms with Crippen LogP contribution in [0.1, 0.15) is 49.9 Å². The number of nitrogens with zero attached hydrogens (tertiary/aromatic N) is 2. The molecule has 21 rings (SSSR count). The van der Waals surface area contributed by atoms with Gasteiger partial charge in [-0.25, -0.2) is 9.97 Å². The Labute approximate surface area is 605 Å². The van der Waals surface area contributed by atoms with Crippen LogP contribution in [0.25, 0.3) is 187 Å². The standard InChI is InChI=1S/C54H37N.C48H33N/c1-54(2)49-21-10-8-19-45(49)53-52(54)51(46-20-9-11-22-50(46)55-53)36-25-23-35(24-26-36)39-27-29-43-44-30-28-40(33-48(44)42-18-7-6-17-41(42)47(43)32-39)38-16-12-15-37(31-38)34-13-4-3-5-14-34;1-48(2)43-18-10-8-16-39(43)47-46(48)45(40-17-9-11-19-44(40)49-47)32-22-20-31(21-23-32)34-25-27-38-37-26-24-33(30-12-4-3-5-13-30)28-41(37)35-14-6-7-15-36(35)42(38)29-34/h3-33H,1-2H3;3-29H,1-2H3. The molecular weight excluding hydrogens is 1250 g/mol. The lowest BCUT2D eigenvalue weighted by molar-refractivity contribution is 0.661. The van der Waals surface area contributed by atoms with Gasteiger partial charge in [-0.15, -0.1) is 0 Å². The summed E-state index contributed by atoms with van der Waals surface area (Å²) in [6.45, 7) is 9.38. The van der Waals surface area contributed by atoms with Gasteiger partial charge in [-0.2, -0.15) is 0 Å². The third-order valence-electron chi connectivity index (χ3n) is 22.8. The summed E-state index contributed by atoms with van der Waals surface area (Å²) in [6.07, 6.45) is 0. The lowest BCUT2D eigenvalue weighted by Crippen LogP contribution is -2.16. The van der Waals surface area contributed by atoms with Crippen molar-refractivity contribution in [1.29, 1.82) is 0 Å². The molecule has 2 heteroatoms. The van der Waals surface area contributed by atoms with Crippen LogP contribution in [-0.4, -0.2) is 9.97 Å². The molecule has 0 spiro atoms. The van der Waals surface area contributed by atoms with Crippen LogP contribution in [0, 0.1) is 0 Å². The second-order valence-electron chi connectivity index (χ2n) is 29.4.